The molecule has 5 nitrogen and oxygen atoms in total. The molecule has 0 saturated heterocycles. The number of benzene rings is 1. The number of halogens is 1. The van der Waals surface area contributed by atoms with Gasteiger partial charge in [-0.05, 0) is 24.3 Å². The first-order chi connectivity index (χ1) is 7.66. The van der Waals surface area contributed by atoms with E-state index in [-0.39, 0.29) is 5.82 Å². The van der Waals surface area contributed by atoms with Crippen molar-refractivity contribution in [3.05, 3.63) is 35.1 Å². The van der Waals surface area contributed by atoms with Gasteiger partial charge < -0.3 is 9.52 Å². The standard InChI is InChI=1S/C10H7BrN2O3/c11-7-3-1-6(2-4-7)8-9(12-5-16-8)13-10(14)15/h1-5,13H,(H,14,15). The van der Waals surface area contributed by atoms with Gasteiger partial charge in [0.25, 0.3) is 0 Å². The van der Waals surface area contributed by atoms with E-state index in [9.17, 15) is 4.79 Å². The highest BCUT2D eigenvalue weighted by Gasteiger charge is 2.12. The quantitative estimate of drug-likeness (QED) is 0.887. The molecule has 0 aliphatic heterocycles. The van der Waals surface area contributed by atoms with Crippen LogP contribution in [0.3, 0.4) is 0 Å². The Hall–Kier alpha value is -1.82. The normalized spacial score (nSPS) is 10.1. The van der Waals surface area contributed by atoms with E-state index in [1.807, 2.05) is 12.1 Å². The molecule has 1 aromatic heterocycles. The molecule has 2 rings (SSSR count). The van der Waals surface area contributed by atoms with Gasteiger partial charge in [-0.15, -0.1) is 0 Å². The van der Waals surface area contributed by atoms with Crippen molar-refractivity contribution in [2.75, 3.05) is 5.32 Å². The van der Waals surface area contributed by atoms with Crippen molar-refractivity contribution >= 4 is 27.8 Å². The highest BCUT2D eigenvalue weighted by molar-refractivity contribution is 9.10. The molecule has 1 aromatic carbocycles. The Labute approximate surface area is 99.2 Å². The summed E-state index contributed by atoms with van der Waals surface area (Å²) in [4.78, 5) is 14.3. The molecule has 1 amide bonds. The molecule has 2 aromatic rings. The summed E-state index contributed by atoms with van der Waals surface area (Å²) in [7, 11) is 0. The molecular weight excluding hydrogens is 276 g/mol. The summed E-state index contributed by atoms with van der Waals surface area (Å²) < 4.78 is 6.07. The van der Waals surface area contributed by atoms with Gasteiger partial charge in [-0.1, -0.05) is 15.9 Å². The lowest BCUT2D eigenvalue weighted by Crippen LogP contribution is -2.08. The predicted octanol–water partition coefficient (Wildman–Crippen LogP) is 3.19. The van der Waals surface area contributed by atoms with Gasteiger partial charge in [0.2, 0.25) is 0 Å². The monoisotopic (exact) mass is 282 g/mol. The van der Waals surface area contributed by atoms with Crippen molar-refractivity contribution in [1.29, 1.82) is 0 Å². The first kappa shape index (κ1) is 10.7. The maximum absolute atomic E-state index is 10.5. The van der Waals surface area contributed by atoms with E-state index >= 15 is 0 Å². The smallest absolute Gasteiger partial charge is 0.410 e. The van der Waals surface area contributed by atoms with Crippen molar-refractivity contribution < 1.29 is 14.3 Å². The Bertz CT molecular complexity index is 507. The van der Waals surface area contributed by atoms with Crippen LogP contribution in [0.5, 0.6) is 0 Å². The van der Waals surface area contributed by atoms with Crippen molar-refractivity contribution in [2.45, 2.75) is 0 Å². The van der Waals surface area contributed by atoms with Gasteiger partial charge in [0, 0.05) is 10.0 Å². The zero-order valence-corrected chi connectivity index (χ0v) is 9.56. The molecule has 16 heavy (non-hydrogen) atoms. The fraction of sp³-hybridized carbons (Fsp3) is 0. The van der Waals surface area contributed by atoms with Crippen molar-refractivity contribution in [1.82, 2.24) is 4.98 Å². The molecule has 0 unspecified atom stereocenters. The van der Waals surface area contributed by atoms with E-state index < -0.39 is 6.09 Å². The topological polar surface area (TPSA) is 75.4 Å². The van der Waals surface area contributed by atoms with Crippen LogP contribution in [-0.2, 0) is 0 Å². The highest BCUT2D eigenvalue weighted by atomic mass is 79.9. The van der Waals surface area contributed by atoms with Gasteiger partial charge in [-0.25, -0.2) is 4.79 Å². The van der Waals surface area contributed by atoms with E-state index in [2.05, 4.69) is 26.2 Å². The number of oxazole rings is 1. The number of hydrogen-bond acceptors (Lipinski definition) is 3. The van der Waals surface area contributed by atoms with Gasteiger partial charge in [0.05, 0.1) is 0 Å². The second-order valence-electron chi connectivity index (χ2n) is 2.97. The third kappa shape index (κ3) is 2.22. The lowest BCUT2D eigenvalue weighted by Gasteiger charge is -2.00. The maximum Gasteiger partial charge on any atom is 0.410 e. The van der Waals surface area contributed by atoms with E-state index in [0.29, 0.717) is 5.76 Å². The van der Waals surface area contributed by atoms with Crippen LogP contribution in [0.4, 0.5) is 10.6 Å². The Morgan fingerprint density at radius 2 is 2.06 bits per heavy atom. The molecule has 0 aliphatic carbocycles. The molecule has 0 aliphatic rings. The van der Waals surface area contributed by atoms with Crippen molar-refractivity contribution in [3.63, 3.8) is 0 Å². The summed E-state index contributed by atoms with van der Waals surface area (Å²) in [5.74, 6) is 0.588. The average molecular weight is 283 g/mol. The molecule has 1 heterocycles. The zero-order chi connectivity index (χ0) is 11.5. The minimum absolute atomic E-state index is 0.190. The summed E-state index contributed by atoms with van der Waals surface area (Å²) in [6.07, 6.45) is 0.0232. The Morgan fingerprint density at radius 1 is 1.38 bits per heavy atom. The summed E-state index contributed by atoms with van der Waals surface area (Å²) in [5, 5.41) is 10.8. The van der Waals surface area contributed by atoms with E-state index in [4.69, 9.17) is 9.52 Å². The number of carbonyl (C=O) groups is 1. The molecule has 0 fully saturated rings. The molecule has 2 N–H and O–H groups in total. The molecule has 0 radical (unpaired) electrons. The van der Waals surface area contributed by atoms with Crippen LogP contribution in [-0.4, -0.2) is 16.2 Å². The first-order valence-electron chi connectivity index (χ1n) is 4.36. The Morgan fingerprint density at radius 3 is 2.69 bits per heavy atom. The number of carboxylic acid groups (broad SMARTS) is 1. The minimum Gasteiger partial charge on any atom is -0.465 e. The highest BCUT2D eigenvalue weighted by Crippen LogP contribution is 2.27. The van der Waals surface area contributed by atoms with Crippen molar-refractivity contribution in [2.24, 2.45) is 0 Å². The predicted molar refractivity (Wildman–Crippen MR) is 61.3 cm³/mol. The SMILES string of the molecule is O=C(O)Nc1ncoc1-c1ccc(Br)cc1. The van der Waals surface area contributed by atoms with Crippen LogP contribution < -0.4 is 5.32 Å². The average Bonchev–Trinajstić information content (AvgIpc) is 2.66. The van der Waals surface area contributed by atoms with Crippen LogP contribution >= 0.6 is 15.9 Å². The van der Waals surface area contributed by atoms with Gasteiger partial charge in [-0.2, -0.15) is 4.98 Å². The van der Waals surface area contributed by atoms with Crippen molar-refractivity contribution in [3.8, 4) is 11.3 Å². The lowest BCUT2D eigenvalue weighted by molar-refractivity contribution is 0.209. The van der Waals surface area contributed by atoms with Crippen LogP contribution in [0.2, 0.25) is 0 Å². The molecular formula is C10H7BrN2O3. The lowest BCUT2D eigenvalue weighted by atomic mass is 10.2. The number of amides is 1. The van der Waals surface area contributed by atoms with E-state index in [0.717, 1.165) is 10.0 Å². The number of hydrogen-bond donors (Lipinski definition) is 2. The second-order valence-corrected chi connectivity index (χ2v) is 3.88. The summed E-state index contributed by atoms with van der Waals surface area (Å²) in [6.45, 7) is 0. The van der Waals surface area contributed by atoms with Gasteiger partial charge in [0.1, 0.15) is 0 Å². The summed E-state index contributed by atoms with van der Waals surface area (Å²) >= 11 is 3.31. The third-order valence-electron chi connectivity index (χ3n) is 1.90. The molecule has 6 heteroatoms. The van der Waals surface area contributed by atoms with Gasteiger partial charge in [-0.3, -0.25) is 5.32 Å². The summed E-state index contributed by atoms with van der Waals surface area (Å²) in [5.41, 5.74) is 0.754. The van der Waals surface area contributed by atoms with Crippen LogP contribution in [0.1, 0.15) is 0 Å². The van der Waals surface area contributed by atoms with Crippen LogP contribution in [0, 0.1) is 0 Å². The van der Waals surface area contributed by atoms with E-state index in [1.165, 1.54) is 6.39 Å². The molecule has 0 atom stereocenters. The molecule has 82 valence electrons. The Balaban J connectivity index is 2.36. The molecule has 0 saturated carbocycles. The largest absolute Gasteiger partial charge is 0.465 e. The Kier molecular flexibility index (Phi) is 2.91. The molecule has 0 spiro atoms. The summed E-state index contributed by atoms with van der Waals surface area (Å²) in [6, 6.07) is 7.28. The second kappa shape index (κ2) is 4.36. The fourth-order valence-electron chi connectivity index (χ4n) is 1.24. The number of anilines is 1. The fourth-order valence-corrected chi connectivity index (χ4v) is 1.51. The van der Waals surface area contributed by atoms with E-state index in [1.54, 1.807) is 12.1 Å². The molecule has 0 bridgehead atoms. The number of nitrogens with zero attached hydrogens (tertiary/aromatic N) is 1. The number of aromatic nitrogens is 1. The first-order valence-corrected chi connectivity index (χ1v) is 5.15. The third-order valence-corrected chi connectivity index (χ3v) is 2.43. The maximum atomic E-state index is 10.5. The van der Waals surface area contributed by atoms with Crippen LogP contribution in [0.25, 0.3) is 11.3 Å². The number of rotatable bonds is 2. The van der Waals surface area contributed by atoms with Gasteiger partial charge in [0.15, 0.2) is 18.0 Å². The minimum atomic E-state index is -1.17. The zero-order valence-electron chi connectivity index (χ0n) is 7.98. The van der Waals surface area contributed by atoms with Crippen LogP contribution in [0.15, 0.2) is 39.5 Å². The number of nitrogens with one attached hydrogen (secondary N) is 1. The van der Waals surface area contributed by atoms with Gasteiger partial charge >= 0.3 is 6.09 Å².